The van der Waals surface area contributed by atoms with Gasteiger partial charge in [-0.05, 0) is 63.4 Å². The maximum Gasteiger partial charge on any atom is 0.141 e. The monoisotopic (exact) mass is 511 g/mol. The Labute approximate surface area is 217 Å². The lowest BCUT2D eigenvalue weighted by molar-refractivity contribution is 0.317. The van der Waals surface area contributed by atoms with Crippen molar-refractivity contribution < 1.29 is 4.39 Å². The van der Waals surface area contributed by atoms with Crippen LogP contribution in [-0.4, -0.2) is 64.2 Å². The molecule has 0 spiro atoms. The average molecular weight is 512 g/mol. The van der Waals surface area contributed by atoms with Gasteiger partial charge in [0.1, 0.15) is 29.6 Å². The molecule has 0 unspecified atom stereocenters. The first-order valence-corrected chi connectivity index (χ1v) is 13.5. The third-order valence-corrected chi connectivity index (χ3v) is 7.84. The molecule has 0 bridgehead atoms. The molecule has 0 saturated carbocycles. The van der Waals surface area contributed by atoms with Crippen LogP contribution in [0, 0.1) is 5.82 Å². The fourth-order valence-corrected chi connectivity index (χ4v) is 5.73. The van der Waals surface area contributed by atoms with E-state index in [1.165, 1.54) is 37.6 Å². The van der Waals surface area contributed by atoms with Gasteiger partial charge in [-0.2, -0.15) is 0 Å². The van der Waals surface area contributed by atoms with Crippen LogP contribution in [0.3, 0.4) is 0 Å². The van der Waals surface area contributed by atoms with Gasteiger partial charge in [-0.15, -0.1) is 0 Å². The molecule has 1 aromatic carbocycles. The summed E-state index contributed by atoms with van der Waals surface area (Å²) in [5, 5.41) is 3.33. The first-order chi connectivity index (χ1) is 17.6. The number of hydrogen-bond donors (Lipinski definition) is 1. The van der Waals surface area contributed by atoms with Crippen LogP contribution in [0.1, 0.15) is 49.9 Å². The number of anilines is 2. The second-order valence-corrected chi connectivity index (χ2v) is 10.2. The number of aromatic nitrogens is 4. The summed E-state index contributed by atoms with van der Waals surface area (Å²) >= 11 is 6.09. The minimum Gasteiger partial charge on any atom is -0.373 e. The Balaban J connectivity index is 1.37. The fraction of sp³-hybridized carbons (Fsp3) is 0.519. The van der Waals surface area contributed by atoms with E-state index in [1.54, 1.807) is 18.5 Å². The SMILES string of the molecule is CCc1c(NC)ncnc1N1CCC(c2nc(-c3ccc(F)c(Cl)c3)cn2CCN2CCCC2)CC1. The Morgan fingerprint density at radius 3 is 2.56 bits per heavy atom. The van der Waals surface area contributed by atoms with E-state index in [4.69, 9.17) is 16.6 Å². The average Bonchev–Trinajstić information content (AvgIpc) is 3.59. The third kappa shape index (κ3) is 5.20. The molecule has 9 heteroatoms. The van der Waals surface area contributed by atoms with Crippen LogP contribution in [0.4, 0.5) is 16.0 Å². The van der Waals surface area contributed by atoms with Crippen molar-refractivity contribution in [3.05, 3.63) is 53.0 Å². The molecule has 0 aliphatic carbocycles. The molecule has 2 aliphatic rings. The number of halogens is 2. The van der Waals surface area contributed by atoms with E-state index in [2.05, 4.69) is 42.8 Å². The van der Waals surface area contributed by atoms with Crippen LogP contribution in [0.2, 0.25) is 5.02 Å². The largest absolute Gasteiger partial charge is 0.373 e. The van der Waals surface area contributed by atoms with Crippen molar-refractivity contribution in [2.75, 3.05) is 50.0 Å². The number of rotatable bonds is 8. The quantitative estimate of drug-likeness (QED) is 0.447. The van der Waals surface area contributed by atoms with Crippen molar-refractivity contribution >= 4 is 23.2 Å². The van der Waals surface area contributed by atoms with E-state index in [9.17, 15) is 4.39 Å². The molecule has 2 saturated heterocycles. The normalized spacial score (nSPS) is 17.2. The molecule has 5 rings (SSSR count). The van der Waals surface area contributed by atoms with Crippen molar-refractivity contribution in [1.29, 1.82) is 0 Å². The summed E-state index contributed by atoms with van der Waals surface area (Å²) < 4.78 is 16.1. The molecule has 2 aliphatic heterocycles. The van der Waals surface area contributed by atoms with Crippen molar-refractivity contribution in [1.82, 2.24) is 24.4 Å². The van der Waals surface area contributed by atoms with E-state index in [1.807, 2.05) is 7.05 Å². The second-order valence-electron chi connectivity index (χ2n) is 9.74. The Hall–Kier alpha value is -2.71. The van der Waals surface area contributed by atoms with Crippen molar-refractivity contribution in [3.8, 4) is 11.3 Å². The minimum atomic E-state index is -0.404. The zero-order valence-corrected chi connectivity index (χ0v) is 21.9. The van der Waals surface area contributed by atoms with Gasteiger partial charge >= 0.3 is 0 Å². The first kappa shape index (κ1) is 25.0. The van der Waals surface area contributed by atoms with Crippen molar-refractivity contribution in [3.63, 3.8) is 0 Å². The van der Waals surface area contributed by atoms with Crippen LogP contribution < -0.4 is 10.2 Å². The molecule has 1 N–H and O–H groups in total. The Morgan fingerprint density at radius 1 is 1.08 bits per heavy atom. The van der Waals surface area contributed by atoms with Gasteiger partial charge < -0.3 is 19.7 Å². The summed E-state index contributed by atoms with van der Waals surface area (Å²) in [4.78, 5) is 19.0. The number of hydrogen-bond acceptors (Lipinski definition) is 6. The van der Waals surface area contributed by atoms with E-state index in [0.717, 1.165) is 74.2 Å². The smallest absolute Gasteiger partial charge is 0.141 e. The zero-order valence-electron chi connectivity index (χ0n) is 21.2. The van der Waals surface area contributed by atoms with Gasteiger partial charge in [-0.25, -0.2) is 19.3 Å². The molecule has 0 amide bonds. The molecule has 2 fully saturated rings. The van der Waals surface area contributed by atoms with Crippen LogP contribution in [0.5, 0.6) is 0 Å². The highest BCUT2D eigenvalue weighted by molar-refractivity contribution is 6.31. The van der Waals surface area contributed by atoms with Crippen LogP contribution in [0.25, 0.3) is 11.3 Å². The summed E-state index contributed by atoms with van der Waals surface area (Å²) in [6, 6.07) is 4.87. The molecule has 4 heterocycles. The molecule has 2 aromatic heterocycles. The fourth-order valence-electron chi connectivity index (χ4n) is 5.55. The second kappa shape index (κ2) is 11.1. The van der Waals surface area contributed by atoms with Gasteiger partial charge in [0.05, 0.1) is 10.7 Å². The third-order valence-electron chi connectivity index (χ3n) is 7.55. The molecule has 3 aromatic rings. The van der Waals surface area contributed by atoms with Gasteiger partial charge in [-0.1, -0.05) is 18.5 Å². The lowest BCUT2D eigenvalue weighted by Crippen LogP contribution is -2.35. The van der Waals surface area contributed by atoms with Gasteiger partial charge in [0.15, 0.2) is 0 Å². The summed E-state index contributed by atoms with van der Waals surface area (Å²) in [5.41, 5.74) is 2.88. The first-order valence-electron chi connectivity index (χ1n) is 13.1. The summed E-state index contributed by atoms with van der Waals surface area (Å²) in [6.07, 6.45) is 9.24. The Kier molecular flexibility index (Phi) is 7.72. The topological polar surface area (TPSA) is 62.1 Å². The van der Waals surface area contributed by atoms with Crippen LogP contribution in [-0.2, 0) is 13.0 Å². The highest BCUT2D eigenvalue weighted by atomic mass is 35.5. The summed E-state index contributed by atoms with van der Waals surface area (Å²) in [7, 11) is 1.91. The lowest BCUT2D eigenvalue weighted by Gasteiger charge is -2.34. The molecular weight excluding hydrogens is 477 g/mol. The van der Waals surface area contributed by atoms with E-state index < -0.39 is 5.82 Å². The van der Waals surface area contributed by atoms with Gasteiger partial charge in [0, 0.05) is 56.5 Å². The summed E-state index contributed by atoms with van der Waals surface area (Å²) in [5.74, 6) is 3.02. The van der Waals surface area contributed by atoms with E-state index >= 15 is 0 Å². The number of imidazole rings is 1. The number of likely N-dealkylation sites (tertiary alicyclic amines) is 1. The van der Waals surface area contributed by atoms with E-state index in [0.29, 0.717) is 5.92 Å². The Bertz CT molecular complexity index is 1180. The molecule has 36 heavy (non-hydrogen) atoms. The standard InChI is InChI=1S/C27H35ClFN7/c1-3-21-25(30-2)31-18-32-27(21)35-12-8-19(9-13-35)26-33-24(20-6-7-23(29)22(28)16-20)17-36(26)15-14-34-10-4-5-11-34/h6-7,16-19H,3-5,8-15H2,1-2H3,(H,30,31,32). The predicted molar refractivity (Wildman–Crippen MR) is 143 cm³/mol. The Morgan fingerprint density at radius 2 is 1.86 bits per heavy atom. The van der Waals surface area contributed by atoms with E-state index in [-0.39, 0.29) is 5.02 Å². The molecule has 7 nitrogen and oxygen atoms in total. The van der Waals surface area contributed by atoms with Gasteiger partial charge in [-0.3, -0.25) is 0 Å². The lowest BCUT2D eigenvalue weighted by atomic mass is 9.95. The maximum atomic E-state index is 13.8. The number of nitrogens with zero attached hydrogens (tertiary/aromatic N) is 6. The number of piperidine rings is 1. The number of nitrogens with one attached hydrogen (secondary N) is 1. The minimum absolute atomic E-state index is 0.131. The molecular formula is C27H35ClFN7. The molecule has 192 valence electrons. The van der Waals surface area contributed by atoms with Crippen LogP contribution >= 0.6 is 11.6 Å². The molecule has 0 radical (unpaired) electrons. The van der Waals surface area contributed by atoms with Crippen molar-refractivity contribution in [2.45, 2.75) is 51.5 Å². The number of benzene rings is 1. The zero-order chi connectivity index (χ0) is 25.1. The van der Waals surface area contributed by atoms with Crippen LogP contribution in [0.15, 0.2) is 30.7 Å². The van der Waals surface area contributed by atoms with Crippen molar-refractivity contribution in [2.24, 2.45) is 0 Å². The molecule has 0 atom stereocenters. The highest BCUT2D eigenvalue weighted by Gasteiger charge is 2.28. The maximum absolute atomic E-state index is 13.8. The van der Waals surface area contributed by atoms with Gasteiger partial charge in [0.2, 0.25) is 0 Å². The predicted octanol–water partition coefficient (Wildman–Crippen LogP) is 5.22. The summed E-state index contributed by atoms with van der Waals surface area (Å²) in [6.45, 7) is 8.29. The highest BCUT2D eigenvalue weighted by Crippen LogP contribution is 2.34. The van der Waals surface area contributed by atoms with Gasteiger partial charge in [0.25, 0.3) is 0 Å².